The highest BCUT2D eigenvalue weighted by molar-refractivity contribution is 5.81. The van der Waals surface area contributed by atoms with Crippen LogP contribution in [-0.2, 0) is 13.1 Å². The lowest BCUT2D eigenvalue weighted by molar-refractivity contribution is 0.247. The van der Waals surface area contributed by atoms with Gasteiger partial charge in [0.1, 0.15) is 6.26 Å². The Morgan fingerprint density at radius 1 is 1.11 bits per heavy atom. The van der Waals surface area contributed by atoms with Gasteiger partial charge in [0.2, 0.25) is 0 Å². The van der Waals surface area contributed by atoms with E-state index in [4.69, 9.17) is 4.42 Å². The van der Waals surface area contributed by atoms with Crippen molar-refractivity contribution in [1.29, 1.82) is 0 Å². The summed E-state index contributed by atoms with van der Waals surface area (Å²) in [5.41, 5.74) is 2.97. The quantitative estimate of drug-likeness (QED) is 0.690. The smallest absolute Gasteiger partial charge is 0.261 e. The third-order valence-corrected chi connectivity index (χ3v) is 5.57. The molecule has 7 heteroatoms. The number of oxazole rings is 1. The zero-order valence-electron chi connectivity index (χ0n) is 15.3. The van der Waals surface area contributed by atoms with Crippen molar-refractivity contribution >= 4 is 16.6 Å². The molecule has 3 heterocycles. The Labute approximate surface area is 157 Å². The van der Waals surface area contributed by atoms with E-state index < -0.39 is 0 Å². The zero-order chi connectivity index (χ0) is 18.2. The molecule has 0 radical (unpaired) electrons. The van der Waals surface area contributed by atoms with E-state index in [1.807, 2.05) is 12.1 Å². The van der Waals surface area contributed by atoms with E-state index >= 15 is 0 Å². The fraction of sp³-hybridized carbons (Fsp3) is 0.450. The molecular weight excluding hydrogens is 342 g/mol. The third-order valence-electron chi connectivity index (χ3n) is 5.57. The minimum absolute atomic E-state index is 0.0795. The maximum atomic E-state index is 12.7. The molecular formula is C20H23N5O2. The predicted molar refractivity (Wildman–Crippen MR) is 103 cm³/mol. The van der Waals surface area contributed by atoms with E-state index in [-0.39, 0.29) is 5.56 Å². The van der Waals surface area contributed by atoms with Crippen LogP contribution in [0, 0.1) is 5.92 Å². The fourth-order valence-corrected chi connectivity index (χ4v) is 3.76. The third kappa shape index (κ3) is 3.47. The van der Waals surface area contributed by atoms with Gasteiger partial charge in [0.25, 0.3) is 5.56 Å². The molecule has 2 fully saturated rings. The summed E-state index contributed by atoms with van der Waals surface area (Å²) in [7, 11) is 0. The van der Waals surface area contributed by atoms with Gasteiger partial charge in [0.15, 0.2) is 6.39 Å². The molecule has 27 heavy (non-hydrogen) atoms. The number of rotatable bonds is 5. The SMILES string of the molecule is O=c1c2ccc(N3CCN(Cc4cocn4)CC3)cc2ncn1CC1CC1. The molecule has 1 saturated carbocycles. The molecule has 0 amide bonds. The van der Waals surface area contributed by atoms with Crippen LogP contribution in [0.5, 0.6) is 0 Å². The molecule has 0 bridgehead atoms. The van der Waals surface area contributed by atoms with E-state index in [0.717, 1.165) is 56.2 Å². The van der Waals surface area contributed by atoms with Crippen molar-refractivity contribution in [3.8, 4) is 0 Å². The Morgan fingerprint density at radius 2 is 1.96 bits per heavy atom. The van der Waals surface area contributed by atoms with Crippen LogP contribution < -0.4 is 10.5 Å². The van der Waals surface area contributed by atoms with Gasteiger partial charge >= 0.3 is 0 Å². The van der Waals surface area contributed by atoms with Crippen LogP contribution in [0.2, 0.25) is 0 Å². The highest BCUT2D eigenvalue weighted by Crippen LogP contribution is 2.30. The van der Waals surface area contributed by atoms with Crippen molar-refractivity contribution in [3.63, 3.8) is 0 Å². The molecule has 0 unspecified atom stereocenters. The normalized spacial score (nSPS) is 18.3. The largest absolute Gasteiger partial charge is 0.451 e. The van der Waals surface area contributed by atoms with E-state index in [1.54, 1.807) is 17.2 Å². The molecule has 1 aliphatic carbocycles. The van der Waals surface area contributed by atoms with Crippen LogP contribution in [-0.4, -0.2) is 45.6 Å². The van der Waals surface area contributed by atoms with Crippen LogP contribution in [0.1, 0.15) is 18.5 Å². The van der Waals surface area contributed by atoms with Gasteiger partial charge in [-0.15, -0.1) is 0 Å². The van der Waals surface area contributed by atoms with Crippen molar-refractivity contribution in [3.05, 3.63) is 53.2 Å². The molecule has 2 aliphatic rings. The topological polar surface area (TPSA) is 67.4 Å². The Morgan fingerprint density at radius 3 is 2.70 bits per heavy atom. The van der Waals surface area contributed by atoms with E-state index in [2.05, 4.69) is 25.8 Å². The van der Waals surface area contributed by atoms with E-state index in [9.17, 15) is 4.79 Å². The molecule has 1 aliphatic heterocycles. The minimum atomic E-state index is 0.0795. The molecule has 0 atom stereocenters. The predicted octanol–water partition coefficient (Wildman–Crippen LogP) is 2.12. The first-order valence-corrected chi connectivity index (χ1v) is 9.60. The summed E-state index contributed by atoms with van der Waals surface area (Å²) in [5.74, 6) is 0.662. The molecule has 7 nitrogen and oxygen atoms in total. The molecule has 0 N–H and O–H groups in total. The number of fused-ring (bicyclic) bond motifs is 1. The van der Waals surface area contributed by atoms with Crippen molar-refractivity contribution < 1.29 is 4.42 Å². The highest BCUT2D eigenvalue weighted by Gasteiger charge is 2.23. The summed E-state index contributed by atoms with van der Waals surface area (Å²) in [5, 5.41) is 0.714. The second-order valence-corrected chi connectivity index (χ2v) is 7.59. The second-order valence-electron chi connectivity index (χ2n) is 7.59. The first kappa shape index (κ1) is 16.5. The number of nitrogens with zero attached hydrogens (tertiary/aromatic N) is 5. The Balaban J connectivity index is 1.30. The van der Waals surface area contributed by atoms with E-state index in [0.29, 0.717) is 11.3 Å². The summed E-state index contributed by atoms with van der Waals surface area (Å²) in [6, 6.07) is 6.04. The molecule has 2 aromatic heterocycles. The van der Waals surface area contributed by atoms with Crippen molar-refractivity contribution in [2.24, 2.45) is 5.92 Å². The van der Waals surface area contributed by atoms with Crippen molar-refractivity contribution in [2.75, 3.05) is 31.1 Å². The van der Waals surface area contributed by atoms with Crippen molar-refractivity contribution in [1.82, 2.24) is 19.4 Å². The number of aromatic nitrogens is 3. The second kappa shape index (κ2) is 6.81. The fourth-order valence-electron chi connectivity index (χ4n) is 3.76. The van der Waals surface area contributed by atoms with Gasteiger partial charge in [-0.05, 0) is 37.0 Å². The maximum absolute atomic E-state index is 12.7. The van der Waals surface area contributed by atoms with Crippen molar-refractivity contribution in [2.45, 2.75) is 25.9 Å². The van der Waals surface area contributed by atoms with Crippen LogP contribution >= 0.6 is 0 Å². The van der Waals surface area contributed by atoms with Gasteiger partial charge < -0.3 is 9.32 Å². The van der Waals surface area contributed by atoms with Crippen LogP contribution in [0.3, 0.4) is 0 Å². The summed E-state index contributed by atoms with van der Waals surface area (Å²) >= 11 is 0. The van der Waals surface area contributed by atoms with Gasteiger partial charge in [0.05, 0.1) is 22.9 Å². The van der Waals surface area contributed by atoms with Crippen LogP contribution in [0.4, 0.5) is 5.69 Å². The monoisotopic (exact) mass is 365 g/mol. The Bertz CT molecular complexity index is 985. The number of hydrogen-bond donors (Lipinski definition) is 0. The number of piperazine rings is 1. The number of benzene rings is 1. The van der Waals surface area contributed by atoms with Gasteiger partial charge in [0, 0.05) is 45.0 Å². The first-order chi connectivity index (χ1) is 13.3. The summed E-state index contributed by atoms with van der Waals surface area (Å²) < 4.78 is 6.81. The standard InChI is InChI=1S/C20H23N5O2/c26-20-18-4-3-17(9-19(18)21-13-25(20)10-15-1-2-15)24-7-5-23(6-8-24)11-16-12-27-14-22-16/h3-4,9,12-15H,1-2,5-8,10-11H2. The molecule has 1 aromatic carbocycles. The number of anilines is 1. The Hall–Kier alpha value is -2.67. The lowest BCUT2D eigenvalue weighted by atomic mass is 10.2. The lowest BCUT2D eigenvalue weighted by Gasteiger charge is -2.35. The summed E-state index contributed by atoms with van der Waals surface area (Å²) in [6.45, 7) is 5.47. The molecule has 140 valence electrons. The Kier molecular flexibility index (Phi) is 4.16. The first-order valence-electron chi connectivity index (χ1n) is 9.60. The van der Waals surface area contributed by atoms with Crippen LogP contribution in [0.25, 0.3) is 10.9 Å². The minimum Gasteiger partial charge on any atom is -0.451 e. The highest BCUT2D eigenvalue weighted by atomic mass is 16.3. The number of hydrogen-bond acceptors (Lipinski definition) is 6. The summed E-state index contributed by atoms with van der Waals surface area (Å²) in [4.78, 5) is 26.1. The summed E-state index contributed by atoms with van der Waals surface area (Å²) in [6.07, 6.45) is 7.35. The molecule has 5 rings (SSSR count). The van der Waals surface area contributed by atoms with Crippen LogP contribution in [0.15, 0.2) is 46.4 Å². The average molecular weight is 365 g/mol. The van der Waals surface area contributed by atoms with Gasteiger partial charge in [-0.25, -0.2) is 9.97 Å². The lowest BCUT2D eigenvalue weighted by Crippen LogP contribution is -2.46. The van der Waals surface area contributed by atoms with Gasteiger partial charge in [-0.1, -0.05) is 0 Å². The average Bonchev–Trinajstić information content (AvgIpc) is 3.37. The van der Waals surface area contributed by atoms with Gasteiger partial charge in [-0.2, -0.15) is 0 Å². The molecule has 0 spiro atoms. The zero-order valence-corrected chi connectivity index (χ0v) is 15.3. The molecule has 1 saturated heterocycles. The molecule has 3 aromatic rings. The maximum Gasteiger partial charge on any atom is 0.261 e. The van der Waals surface area contributed by atoms with E-state index in [1.165, 1.54) is 19.2 Å². The van der Waals surface area contributed by atoms with Gasteiger partial charge in [-0.3, -0.25) is 14.3 Å².